The second-order valence-electron chi connectivity index (χ2n) is 3.54. The van der Waals surface area contributed by atoms with Gasteiger partial charge < -0.3 is 14.8 Å². The number of rotatable bonds is 6. The molecule has 1 aromatic heterocycles. The summed E-state index contributed by atoms with van der Waals surface area (Å²) in [6.45, 7) is 1.66. The largest absolute Gasteiger partial charge is 0.480 e. The average Bonchev–Trinajstić information content (AvgIpc) is 2.70. The maximum absolute atomic E-state index is 11.8. The maximum atomic E-state index is 11.8. The van der Waals surface area contributed by atoms with Crippen LogP contribution >= 0.6 is 11.8 Å². The average molecular weight is 257 g/mol. The molecule has 94 valence electrons. The molecular weight excluding hydrogens is 242 g/mol. The summed E-state index contributed by atoms with van der Waals surface area (Å²) in [5, 5.41) is 11.5. The van der Waals surface area contributed by atoms with Gasteiger partial charge in [-0.2, -0.15) is 11.8 Å². The molecule has 2 N–H and O–H groups in total. The third-order valence-electron chi connectivity index (χ3n) is 2.32. The number of amides is 1. The summed E-state index contributed by atoms with van der Waals surface area (Å²) in [4.78, 5) is 22.7. The van der Waals surface area contributed by atoms with Gasteiger partial charge in [0.05, 0.1) is 11.8 Å². The highest BCUT2D eigenvalue weighted by Crippen LogP contribution is 2.09. The van der Waals surface area contributed by atoms with Crippen LogP contribution in [0.3, 0.4) is 0 Å². The lowest BCUT2D eigenvalue weighted by atomic mass is 10.2. The SMILES string of the molecule is CSCC[C@H](NC(=O)c1ccoc1C)C(=O)O. The first kappa shape index (κ1) is 13.6. The number of furan rings is 1. The van der Waals surface area contributed by atoms with Crippen LogP contribution in [0.5, 0.6) is 0 Å². The fraction of sp³-hybridized carbons (Fsp3) is 0.455. The first-order valence-electron chi connectivity index (χ1n) is 5.13. The van der Waals surface area contributed by atoms with Gasteiger partial charge in [0.1, 0.15) is 11.8 Å². The third-order valence-corrected chi connectivity index (χ3v) is 2.96. The lowest BCUT2D eigenvalue weighted by Crippen LogP contribution is -2.41. The van der Waals surface area contributed by atoms with E-state index in [-0.39, 0.29) is 0 Å². The topological polar surface area (TPSA) is 79.5 Å². The molecule has 17 heavy (non-hydrogen) atoms. The Morgan fingerprint density at radius 2 is 2.29 bits per heavy atom. The highest BCUT2D eigenvalue weighted by atomic mass is 32.2. The van der Waals surface area contributed by atoms with Crippen molar-refractivity contribution in [2.45, 2.75) is 19.4 Å². The molecule has 0 unspecified atom stereocenters. The number of hydrogen-bond donors (Lipinski definition) is 2. The van der Waals surface area contributed by atoms with Gasteiger partial charge in [0.2, 0.25) is 0 Å². The number of carboxylic acid groups (broad SMARTS) is 1. The minimum atomic E-state index is -1.02. The van der Waals surface area contributed by atoms with Crippen molar-refractivity contribution < 1.29 is 19.1 Å². The van der Waals surface area contributed by atoms with Crippen molar-refractivity contribution >= 4 is 23.6 Å². The van der Waals surface area contributed by atoms with Crippen LogP contribution in [0.2, 0.25) is 0 Å². The molecule has 0 radical (unpaired) electrons. The molecule has 0 aromatic carbocycles. The van der Waals surface area contributed by atoms with Crippen LogP contribution in [-0.2, 0) is 4.79 Å². The van der Waals surface area contributed by atoms with Crippen LogP contribution in [0.4, 0.5) is 0 Å². The van der Waals surface area contributed by atoms with E-state index in [0.717, 1.165) is 0 Å². The van der Waals surface area contributed by atoms with Gasteiger partial charge >= 0.3 is 5.97 Å². The smallest absolute Gasteiger partial charge is 0.326 e. The number of carbonyl (C=O) groups excluding carboxylic acids is 1. The molecule has 5 nitrogen and oxygen atoms in total. The molecule has 0 aliphatic heterocycles. The van der Waals surface area contributed by atoms with E-state index in [0.29, 0.717) is 23.5 Å². The lowest BCUT2D eigenvalue weighted by molar-refractivity contribution is -0.139. The molecule has 1 amide bonds. The number of thioether (sulfide) groups is 1. The monoisotopic (exact) mass is 257 g/mol. The Kier molecular flexibility index (Phi) is 5.09. The quantitative estimate of drug-likeness (QED) is 0.807. The van der Waals surface area contributed by atoms with E-state index in [9.17, 15) is 9.59 Å². The van der Waals surface area contributed by atoms with Crippen LogP contribution in [0, 0.1) is 6.92 Å². The summed E-state index contributed by atoms with van der Waals surface area (Å²) < 4.78 is 5.00. The molecule has 0 fully saturated rings. The molecule has 0 saturated heterocycles. The van der Waals surface area contributed by atoms with Crippen LogP contribution in [0.25, 0.3) is 0 Å². The van der Waals surface area contributed by atoms with Crippen molar-refractivity contribution in [1.82, 2.24) is 5.32 Å². The van der Waals surface area contributed by atoms with E-state index in [2.05, 4.69) is 5.32 Å². The third kappa shape index (κ3) is 3.81. The van der Waals surface area contributed by atoms with Crippen molar-refractivity contribution in [3.8, 4) is 0 Å². The van der Waals surface area contributed by atoms with E-state index in [4.69, 9.17) is 9.52 Å². The molecule has 1 heterocycles. The number of nitrogens with one attached hydrogen (secondary N) is 1. The van der Waals surface area contributed by atoms with Gasteiger partial charge in [-0.15, -0.1) is 0 Å². The van der Waals surface area contributed by atoms with Crippen LogP contribution < -0.4 is 5.32 Å². The summed E-state index contributed by atoms with van der Waals surface area (Å²) in [6.07, 6.45) is 3.70. The predicted molar refractivity (Wildman–Crippen MR) is 65.3 cm³/mol. The second kappa shape index (κ2) is 6.34. The van der Waals surface area contributed by atoms with Gasteiger partial charge in [-0.3, -0.25) is 4.79 Å². The van der Waals surface area contributed by atoms with Crippen LogP contribution in [0.15, 0.2) is 16.7 Å². The second-order valence-corrected chi connectivity index (χ2v) is 4.52. The summed E-state index contributed by atoms with van der Waals surface area (Å²) >= 11 is 1.54. The molecule has 0 bridgehead atoms. The van der Waals surface area contributed by atoms with Crippen molar-refractivity contribution in [3.05, 3.63) is 23.7 Å². The van der Waals surface area contributed by atoms with E-state index >= 15 is 0 Å². The van der Waals surface area contributed by atoms with Gasteiger partial charge in [-0.25, -0.2) is 4.79 Å². The number of aryl methyl sites for hydroxylation is 1. The normalized spacial score (nSPS) is 12.1. The minimum Gasteiger partial charge on any atom is -0.480 e. The maximum Gasteiger partial charge on any atom is 0.326 e. The van der Waals surface area contributed by atoms with Gasteiger partial charge in [-0.1, -0.05) is 0 Å². The Morgan fingerprint density at radius 1 is 1.59 bits per heavy atom. The lowest BCUT2D eigenvalue weighted by Gasteiger charge is -2.13. The van der Waals surface area contributed by atoms with Gasteiger partial charge in [0, 0.05) is 0 Å². The Balaban J connectivity index is 2.64. The predicted octanol–water partition coefficient (Wildman–Crippen LogP) is 1.52. The van der Waals surface area contributed by atoms with E-state index in [1.165, 1.54) is 12.3 Å². The van der Waals surface area contributed by atoms with Crippen LogP contribution in [-0.4, -0.2) is 35.0 Å². The molecule has 1 atom stereocenters. The molecule has 0 aliphatic carbocycles. The zero-order valence-electron chi connectivity index (χ0n) is 9.73. The molecule has 0 saturated carbocycles. The summed E-state index contributed by atoms with van der Waals surface area (Å²) in [7, 11) is 0. The highest BCUT2D eigenvalue weighted by Gasteiger charge is 2.21. The van der Waals surface area contributed by atoms with Gasteiger partial charge in [-0.05, 0) is 31.4 Å². The number of carbonyl (C=O) groups is 2. The molecule has 0 aliphatic rings. The van der Waals surface area contributed by atoms with Gasteiger partial charge in [0.25, 0.3) is 5.91 Å². The zero-order valence-corrected chi connectivity index (χ0v) is 10.5. The molecular formula is C11H15NO4S. The van der Waals surface area contributed by atoms with Crippen LogP contribution in [0.1, 0.15) is 22.5 Å². The van der Waals surface area contributed by atoms with Crippen molar-refractivity contribution in [3.63, 3.8) is 0 Å². The number of carboxylic acids is 1. The van der Waals surface area contributed by atoms with Crippen molar-refractivity contribution in [2.75, 3.05) is 12.0 Å². The van der Waals surface area contributed by atoms with Crippen molar-refractivity contribution in [2.24, 2.45) is 0 Å². The van der Waals surface area contributed by atoms with E-state index in [1.807, 2.05) is 6.26 Å². The fourth-order valence-electron chi connectivity index (χ4n) is 1.35. The number of hydrogen-bond acceptors (Lipinski definition) is 4. The Morgan fingerprint density at radius 3 is 2.76 bits per heavy atom. The first-order valence-corrected chi connectivity index (χ1v) is 6.52. The Hall–Kier alpha value is -1.43. The summed E-state index contributed by atoms with van der Waals surface area (Å²) in [5.74, 6) is -0.267. The minimum absolute atomic E-state index is 0.375. The summed E-state index contributed by atoms with van der Waals surface area (Å²) in [5.41, 5.74) is 0.375. The molecule has 0 spiro atoms. The summed E-state index contributed by atoms with van der Waals surface area (Å²) in [6, 6.07) is 0.669. The zero-order chi connectivity index (χ0) is 12.8. The van der Waals surface area contributed by atoms with E-state index in [1.54, 1.807) is 18.7 Å². The Bertz CT molecular complexity index is 402. The molecule has 6 heteroatoms. The molecule has 1 aromatic rings. The van der Waals surface area contributed by atoms with Crippen molar-refractivity contribution in [1.29, 1.82) is 0 Å². The van der Waals surface area contributed by atoms with Gasteiger partial charge in [0.15, 0.2) is 0 Å². The highest BCUT2D eigenvalue weighted by molar-refractivity contribution is 7.98. The Labute approximate surface area is 104 Å². The number of aliphatic carboxylic acids is 1. The fourth-order valence-corrected chi connectivity index (χ4v) is 1.82. The standard InChI is InChI=1S/C11H15NO4S/c1-7-8(3-5-16-7)10(13)12-9(11(14)15)4-6-17-2/h3,5,9H,4,6H2,1-2H3,(H,12,13)(H,14,15)/t9-/m0/s1. The van der Waals surface area contributed by atoms with E-state index < -0.39 is 17.9 Å². The first-order chi connectivity index (χ1) is 8.06. The molecule has 1 rings (SSSR count).